The van der Waals surface area contributed by atoms with E-state index in [-0.39, 0.29) is 6.04 Å². The molecule has 0 amide bonds. The molecule has 1 saturated heterocycles. The molecule has 2 rings (SSSR count). The third-order valence-electron chi connectivity index (χ3n) is 3.32. The lowest BCUT2D eigenvalue weighted by atomic mass is 9.86. The molecule has 1 fully saturated rings. The van der Waals surface area contributed by atoms with E-state index in [1.807, 2.05) is 0 Å². The van der Waals surface area contributed by atoms with Crippen LogP contribution in [0.25, 0.3) is 0 Å². The maximum atomic E-state index is 6.31. The third kappa shape index (κ3) is 2.58. The first-order valence-corrected chi connectivity index (χ1v) is 5.80. The SMILES string of the molecule is Cc1cccc([C@H](N)C2CCNCC2)c1. The number of aryl methyl sites for hydroxylation is 1. The van der Waals surface area contributed by atoms with E-state index in [1.54, 1.807) is 0 Å². The molecule has 0 bridgehead atoms. The molecule has 3 N–H and O–H groups in total. The zero-order valence-corrected chi connectivity index (χ0v) is 9.37. The van der Waals surface area contributed by atoms with E-state index in [1.165, 1.54) is 24.0 Å². The lowest BCUT2D eigenvalue weighted by Crippen LogP contribution is -2.33. The molecule has 0 aromatic heterocycles. The Hall–Kier alpha value is -0.860. The van der Waals surface area contributed by atoms with Crippen LogP contribution in [-0.2, 0) is 0 Å². The van der Waals surface area contributed by atoms with Crippen LogP contribution in [0, 0.1) is 12.8 Å². The summed E-state index contributed by atoms with van der Waals surface area (Å²) in [7, 11) is 0. The van der Waals surface area contributed by atoms with Crippen LogP contribution in [0.15, 0.2) is 24.3 Å². The molecule has 0 aliphatic carbocycles. The van der Waals surface area contributed by atoms with Gasteiger partial charge in [-0.1, -0.05) is 29.8 Å². The third-order valence-corrected chi connectivity index (χ3v) is 3.32. The van der Waals surface area contributed by atoms with Gasteiger partial charge in [0.1, 0.15) is 0 Å². The fraction of sp³-hybridized carbons (Fsp3) is 0.538. The summed E-state index contributed by atoms with van der Waals surface area (Å²) in [6.45, 7) is 4.35. The first kappa shape index (κ1) is 10.7. The lowest BCUT2D eigenvalue weighted by molar-refractivity contribution is 0.322. The molecule has 82 valence electrons. The van der Waals surface area contributed by atoms with Gasteiger partial charge in [-0.2, -0.15) is 0 Å². The van der Waals surface area contributed by atoms with Crippen molar-refractivity contribution < 1.29 is 0 Å². The Balaban J connectivity index is 2.08. The summed E-state index contributed by atoms with van der Waals surface area (Å²) < 4.78 is 0. The van der Waals surface area contributed by atoms with Gasteiger partial charge in [-0.05, 0) is 44.3 Å². The topological polar surface area (TPSA) is 38.0 Å². The van der Waals surface area contributed by atoms with E-state index in [0.717, 1.165) is 13.1 Å². The van der Waals surface area contributed by atoms with Crippen molar-refractivity contribution in [2.24, 2.45) is 11.7 Å². The van der Waals surface area contributed by atoms with Crippen LogP contribution < -0.4 is 11.1 Å². The van der Waals surface area contributed by atoms with Gasteiger partial charge in [0.2, 0.25) is 0 Å². The fourth-order valence-electron chi connectivity index (χ4n) is 2.35. The number of nitrogens with one attached hydrogen (secondary N) is 1. The van der Waals surface area contributed by atoms with Crippen LogP contribution in [0.1, 0.15) is 30.0 Å². The van der Waals surface area contributed by atoms with Gasteiger partial charge >= 0.3 is 0 Å². The van der Waals surface area contributed by atoms with Crippen LogP contribution >= 0.6 is 0 Å². The van der Waals surface area contributed by atoms with E-state index in [0.29, 0.717) is 5.92 Å². The molecule has 1 aromatic carbocycles. The van der Waals surface area contributed by atoms with Crippen molar-refractivity contribution in [1.29, 1.82) is 0 Å². The molecule has 2 nitrogen and oxygen atoms in total. The molecule has 15 heavy (non-hydrogen) atoms. The molecule has 0 radical (unpaired) electrons. The van der Waals surface area contributed by atoms with Crippen LogP contribution in [0.5, 0.6) is 0 Å². The normalized spacial score (nSPS) is 20.1. The van der Waals surface area contributed by atoms with Gasteiger partial charge in [-0.3, -0.25) is 0 Å². The van der Waals surface area contributed by atoms with E-state index in [9.17, 15) is 0 Å². The number of nitrogens with two attached hydrogens (primary N) is 1. The Morgan fingerprint density at radius 1 is 1.33 bits per heavy atom. The minimum Gasteiger partial charge on any atom is -0.324 e. The van der Waals surface area contributed by atoms with E-state index in [2.05, 4.69) is 36.5 Å². The van der Waals surface area contributed by atoms with Gasteiger partial charge in [0.25, 0.3) is 0 Å². The first-order valence-electron chi connectivity index (χ1n) is 5.80. The highest BCUT2D eigenvalue weighted by atomic mass is 14.9. The van der Waals surface area contributed by atoms with Crippen LogP contribution in [-0.4, -0.2) is 13.1 Å². The molecule has 0 spiro atoms. The van der Waals surface area contributed by atoms with Crippen LogP contribution in [0.2, 0.25) is 0 Å². The van der Waals surface area contributed by atoms with Crippen LogP contribution in [0.4, 0.5) is 0 Å². The van der Waals surface area contributed by atoms with Crippen molar-refractivity contribution in [2.75, 3.05) is 13.1 Å². The molecule has 2 heteroatoms. The van der Waals surface area contributed by atoms with Gasteiger partial charge in [-0.25, -0.2) is 0 Å². The van der Waals surface area contributed by atoms with Crippen molar-refractivity contribution in [3.05, 3.63) is 35.4 Å². The first-order chi connectivity index (χ1) is 7.27. The molecule has 1 aromatic rings. The highest BCUT2D eigenvalue weighted by Crippen LogP contribution is 2.26. The van der Waals surface area contributed by atoms with Crippen molar-refractivity contribution >= 4 is 0 Å². The standard InChI is InChI=1S/C13H20N2/c1-10-3-2-4-12(9-10)13(14)11-5-7-15-8-6-11/h2-4,9,11,13,15H,5-8,14H2,1H3/t13-/m1/s1. The second-order valence-electron chi connectivity index (χ2n) is 4.53. The summed E-state index contributed by atoms with van der Waals surface area (Å²) in [5.74, 6) is 0.646. The fourth-order valence-corrected chi connectivity index (χ4v) is 2.35. The van der Waals surface area contributed by atoms with E-state index in [4.69, 9.17) is 5.73 Å². The monoisotopic (exact) mass is 204 g/mol. The molecule has 1 aliphatic rings. The Kier molecular flexibility index (Phi) is 3.39. The van der Waals surface area contributed by atoms with Gasteiger partial charge in [0.15, 0.2) is 0 Å². The zero-order valence-electron chi connectivity index (χ0n) is 9.37. The molecular weight excluding hydrogens is 184 g/mol. The molecule has 0 saturated carbocycles. The Morgan fingerprint density at radius 3 is 2.73 bits per heavy atom. The number of benzene rings is 1. The second kappa shape index (κ2) is 4.77. The summed E-state index contributed by atoms with van der Waals surface area (Å²) in [4.78, 5) is 0. The maximum absolute atomic E-state index is 6.31. The summed E-state index contributed by atoms with van der Waals surface area (Å²) in [5.41, 5.74) is 8.91. The number of hydrogen-bond donors (Lipinski definition) is 2. The molecule has 1 atom stereocenters. The van der Waals surface area contributed by atoms with E-state index < -0.39 is 0 Å². The summed E-state index contributed by atoms with van der Waals surface area (Å²) in [6.07, 6.45) is 2.41. The highest BCUT2D eigenvalue weighted by molar-refractivity contribution is 5.25. The zero-order chi connectivity index (χ0) is 10.7. The number of hydrogen-bond acceptors (Lipinski definition) is 2. The second-order valence-corrected chi connectivity index (χ2v) is 4.53. The Bertz CT molecular complexity index is 316. The average molecular weight is 204 g/mol. The molecule has 1 aliphatic heterocycles. The minimum atomic E-state index is 0.215. The van der Waals surface area contributed by atoms with E-state index >= 15 is 0 Å². The van der Waals surface area contributed by atoms with Crippen LogP contribution in [0.3, 0.4) is 0 Å². The quantitative estimate of drug-likeness (QED) is 0.773. The van der Waals surface area contributed by atoms with Gasteiger partial charge in [-0.15, -0.1) is 0 Å². The summed E-state index contributed by atoms with van der Waals surface area (Å²) in [6, 6.07) is 8.81. The number of piperidine rings is 1. The van der Waals surface area contributed by atoms with Crippen molar-refractivity contribution in [2.45, 2.75) is 25.8 Å². The maximum Gasteiger partial charge on any atom is 0.0324 e. The van der Waals surface area contributed by atoms with Crippen molar-refractivity contribution in [3.63, 3.8) is 0 Å². The van der Waals surface area contributed by atoms with Gasteiger partial charge in [0, 0.05) is 6.04 Å². The predicted molar refractivity (Wildman–Crippen MR) is 63.7 cm³/mol. The minimum absolute atomic E-state index is 0.215. The van der Waals surface area contributed by atoms with Gasteiger partial charge in [0.05, 0.1) is 0 Å². The molecular formula is C13H20N2. The average Bonchev–Trinajstić information content (AvgIpc) is 2.29. The number of rotatable bonds is 2. The van der Waals surface area contributed by atoms with Crippen molar-refractivity contribution in [1.82, 2.24) is 5.32 Å². The largest absolute Gasteiger partial charge is 0.324 e. The Labute approximate surface area is 91.9 Å². The lowest BCUT2D eigenvalue weighted by Gasteiger charge is -2.28. The highest BCUT2D eigenvalue weighted by Gasteiger charge is 2.21. The van der Waals surface area contributed by atoms with Crippen molar-refractivity contribution in [3.8, 4) is 0 Å². The predicted octanol–water partition coefficient (Wildman–Crippen LogP) is 1.99. The smallest absolute Gasteiger partial charge is 0.0324 e. The molecule has 0 unspecified atom stereocenters. The Morgan fingerprint density at radius 2 is 2.07 bits per heavy atom. The summed E-state index contributed by atoms with van der Waals surface area (Å²) >= 11 is 0. The summed E-state index contributed by atoms with van der Waals surface area (Å²) in [5, 5.41) is 3.38. The molecule has 1 heterocycles. The van der Waals surface area contributed by atoms with Gasteiger partial charge < -0.3 is 11.1 Å².